The maximum absolute atomic E-state index is 12.8. The molecule has 2 aromatic rings. The molecule has 1 N–H and O–H groups in total. The third kappa shape index (κ3) is 3.45. The summed E-state index contributed by atoms with van der Waals surface area (Å²) in [5.74, 6) is 1.16. The van der Waals surface area contributed by atoms with E-state index in [4.69, 9.17) is 0 Å². The predicted molar refractivity (Wildman–Crippen MR) is 90.0 cm³/mol. The van der Waals surface area contributed by atoms with Crippen molar-refractivity contribution in [3.63, 3.8) is 0 Å². The van der Waals surface area contributed by atoms with E-state index in [9.17, 15) is 4.79 Å². The summed E-state index contributed by atoms with van der Waals surface area (Å²) in [7, 11) is 1.98. The highest BCUT2D eigenvalue weighted by atomic mass is 16.2. The number of hydrogen-bond acceptors (Lipinski definition) is 3. The van der Waals surface area contributed by atoms with Crippen molar-refractivity contribution in [3.05, 3.63) is 53.6 Å². The van der Waals surface area contributed by atoms with Gasteiger partial charge in [0.15, 0.2) is 0 Å². The number of carbonyl (C=O) groups is 1. The summed E-state index contributed by atoms with van der Waals surface area (Å²) >= 11 is 0. The number of aryl methyl sites for hydroxylation is 3. The largest absolute Gasteiger partial charge is 0.336 e. The first-order valence-electron chi connectivity index (χ1n) is 8.18. The summed E-state index contributed by atoms with van der Waals surface area (Å²) < 4.78 is 2.00. The van der Waals surface area contributed by atoms with Gasteiger partial charge in [-0.1, -0.05) is 24.3 Å². The second kappa shape index (κ2) is 6.96. The normalized spacial score (nSPS) is 18.2. The predicted octanol–water partition coefficient (Wildman–Crippen LogP) is 1.83. The van der Waals surface area contributed by atoms with Crippen LogP contribution in [-0.4, -0.2) is 40.0 Å². The van der Waals surface area contributed by atoms with Crippen LogP contribution in [-0.2, 0) is 18.3 Å². The van der Waals surface area contributed by atoms with Crippen molar-refractivity contribution in [3.8, 4) is 0 Å². The van der Waals surface area contributed by atoms with Crippen LogP contribution in [0.4, 0.5) is 0 Å². The van der Waals surface area contributed by atoms with Gasteiger partial charge in [-0.05, 0) is 24.5 Å². The number of imidazole rings is 1. The lowest BCUT2D eigenvalue weighted by atomic mass is 10.0. The Morgan fingerprint density at radius 1 is 1.39 bits per heavy atom. The summed E-state index contributed by atoms with van der Waals surface area (Å²) in [6, 6.07) is 8.30. The van der Waals surface area contributed by atoms with Crippen molar-refractivity contribution >= 4 is 5.91 Å². The number of aromatic nitrogens is 2. The van der Waals surface area contributed by atoms with Gasteiger partial charge in [0.1, 0.15) is 11.9 Å². The molecule has 1 unspecified atom stereocenters. The zero-order valence-corrected chi connectivity index (χ0v) is 13.8. The molecule has 1 aliphatic heterocycles. The van der Waals surface area contributed by atoms with E-state index in [2.05, 4.69) is 29.4 Å². The van der Waals surface area contributed by atoms with Crippen LogP contribution in [0.2, 0.25) is 0 Å². The SMILES string of the molecule is Cc1ccccc1CCC(=O)N1CCNCC1c1nccn1C. The molecular formula is C18H24N4O. The van der Waals surface area contributed by atoms with Gasteiger partial charge in [-0.15, -0.1) is 0 Å². The van der Waals surface area contributed by atoms with E-state index in [-0.39, 0.29) is 11.9 Å². The van der Waals surface area contributed by atoms with Crippen molar-refractivity contribution in [2.45, 2.75) is 25.8 Å². The number of rotatable bonds is 4. The molecule has 23 heavy (non-hydrogen) atoms. The van der Waals surface area contributed by atoms with E-state index in [0.717, 1.165) is 31.9 Å². The molecular weight excluding hydrogens is 288 g/mol. The second-order valence-corrected chi connectivity index (χ2v) is 6.13. The highest BCUT2D eigenvalue weighted by Gasteiger charge is 2.29. The van der Waals surface area contributed by atoms with Crippen LogP contribution < -0.4 is 5.32 Å². The number of hydrogen-bond donors (Lipinski definition) is 1. The van der Waals surface area contributed by atoms with Crippen molar-refractivity contribution in [2.75, 3.05) is 19.6 Å². The first-order chi connectivity index (χ1) is 11.2. The quantitative estimate of drug-likeness (QED) is 0.937. The Kier molecular flexibility index (Phi) is 4.76. The zero-order chi connectivity index (χ0) is 16.2. The van der Waals surface area contributed by atoms with E-state index < -0.39 is 0 Å². The van der Waals surface area contributed by atoms with Crippen LogP contribution in [0.1, 0.15) is 29.4 Å². The van der Waals surface area contributed by atoms with Crippen LogP contribution in [0.5, 0.6) is 0 Å². The summed E-state index contributed by atoms with van der Waals surface area (Å²) in [6.07, 6.45) is 5.06. The molecule has 0 radical (unpaired) electrons. The minimum atomic E-state index is 0.0214. The molecule has 0 spiro atoms. The third-order valence-corrected chi connectivity index (χ3v) is 4.59. The Morgan fingerprint density at radius 2 is 2.22 bits per heavy atom. The average Bonchev–Trinajstić information content (AvgIpc) is 3.00. The molecule has 122 valence electrons. The average molecular weight is 312 g/mol. The fourth-order valence-electron chi connectivity index (χ4n) is 3.21. The molecule has 2 heterocycles. The molecule has 1 aromatic heterocycles. The number of carbonyl (C=O) groups excluding carboxylic acids is 1. The van der Waals surface area contributed by atoms with Gasteiger partial charge >= 0.3 is 0 Å². The number of amides is 1. The molecule has 3 rings (SSSR count). The van der Waals surface area contributed by atoms with E-state index in [1.807, 2.05) is 34.8 Å². The van der Waals surface area contributed by atoms with Crippen molar-refractivity contribution in [1.29, 1.82) is 0 Å². The number of piperazine rings is 1. The molecule has 5 heteroatoms. The smallest absolute Gasteiger partial charge is 0.223 e. The third-order valence-electron chi connectivity index (χ3n) is 4.59. The second-order valence-electron chi connectivity index (χ2n) is 6.13. The van der Waals surface area contributed by atoms with E-state index >= 15 is 0 Å². The van der Waals surface area contributed by atoms with Crippen LogP contribution in [0.3, 0.4) is 0 Å². The lowest BCUT2D eigenvalue weighted by molar-refractivity contribution is -0.134. The van der Waals surface area contributed by atoms with Crippen LogP contribution in [0.15, 0.2) is 36.7 Å². The summed E-state index contributed by atoms with van der Waals surface area (Å²) in [4.78, 5) is 19.2. The number of nitrogens with one attached hydrogen (secondary N) is 1. The van der Waals surface area contributed by atoms with Crippen LogP contribution >= 0.6 is 0 Å². The Balaban J connectivity index is 1.69. The molecule has 0 aliphatic carbocycles. The zero-order valence-electron chi connectivity index (χ0n) is 13.8. The first-order valence-corrected chi connectivity index (χ1v) is 8.18. The molecule has 1 aromatic carbocycles. The Hall–Kier alpha value is -2.14. The van der Waals surface area contributed by atoms with Crippen molar-refractivity contribution in [2.24, 2.45) is 7.05 Å². The molecule has 1 saturated heterocycles. The highest BCUT2D eigenvalue weighted by molar-refractivity contribution is 5.77. The molecule has 5 nitrogen and oxygen atoms in total. The van der Waals surface area contributed by atoms with Gasteiger partial charge in [0, 0.05) is 45.5 Å². The minimum Gasteiger partial charge on any atom is -0.336 e. The number of nitrogens with zero attached hydrogens (tertiary/aromatic N) is 3. The molecule has 1 amide bonds. The number of benzene rings is 1. The monoisotopic (exact) mass is 312 g/mol. The highest BCUT2D eigenvalue weighted by Crippen LogP contribution is 2.22. The van der Waals surface area contributed by atoms with Gasteiger partial charge in [0.2, 0.25) is 5.91 Å². The van der Waals surface area contributed by atoms with E-state index in [1.165, 1.54) is 11.1 Å². The van der Waals surface area contributed by atoms with Crippen molar-refractivity contribution in [1.82, 2.24) is 19.8 Å². The van der Waals surface area contributed by atoms with Crippen molar-refractivity contribution < 1.29 is 4.79 Å². The van der Waals surface area contributed by atoms with Gasteiger partial charge in [0.25, 0.3) is 0 Å². The Morgan fingerprint density at radius 3 is 2.96 bits per heavy atom. The van der Waals surface area contributed by atoms with Gasteiger partial charge < -0.3 is 14.8 Å². The maximum Gasteiger partial charge on any atom is 0.223 e. The summed E-state index contributed by atoms with van der Waals surface area (Å²) in [5.41, 5.74) is 2.51. The lowest BCUT2D eigenvalue weighted by Crippen LogP contribution is -2.49. The summed E-state index contributed by atoms with van der Waals surface area (Å²) in [6.45, 7) is 4.45. The van der Waals surface area contributed by atoms with Gasteiger partial charge in [-0.2, -0.15) is 0 Å². The molecule has 1 fully saturated rings. The fourth-order valence-corrected chi connectivity index (χ4v) is 3.21. The molecule has 0 saturated carbocycles. The van der Waals surface area contributed by atoms with Crippen LogP contribution in [0, 0.1) is 6.92 Å². The Bertz CT molecular complexity index is 679. The fraction of sp³-hybridized carbons (Fsp3) is 0.444. The van der Waals surface area contributed by atoms with E-state index in [0.29, 0.717) is 6.42 Å². The first kappa shape index (κ1) is 15.7. The van der Waals surface area contributed by atoms with Gasteiger partial charge in [-0.3, -0.25) is 4.79 Å². The lowest BCUT2D eigenvalue weighted by Gasteiger charge is -2.36. The molecule has 0 bridgehead atoms. The molecule has 1 atom stereocenters. The minimum absolute atomic E-state index is 0.0214. The van der Waals surface area contributed by atoms with Crippen LogP contribution in [0.25, 0.3) is 0 Å². The van der Waals surface area contributed by atoms with Gasteiger partial charge in [-0.25, -0.2) is 4.98 Å². The van der Waals surface area contributed by atoms with Gasteiger partial charge in [0.05, 0.1) is 0 Å². The topological polar surface area (TPSA) is 50.2 Å². The standard InChI is InChI=1S/C18H24N4O/c1-14-5-3-4-6-15(14)7-8-17(23)22-12-9-19-13-16(22)18-20-10-11-21(18)2/h3-6,10-11,16,19H,7-9,12-13H2,1-2H3. The van der Waals surface area contributed by atoms with E-state index in [1.54, 1.807) is 6.20 Å². The molecule has 1 aliphatic rings. The Labute approximate surface area is 137 Å². The maximum atomic E-state index is 12.8. The summed E-state index contributed by atoms with van der Waals surface area (Å²) in [5, 5.41) is 3.37.